The van der Waals surface area contributed by atoms with Crippen LogP contribution in [0.25, 0.3) is 0 Å². The monoisotopic (exact) mass is 388 g/mol. The first-order valence-corrected chi connectivity index (χ1v) is 8.17. The molecule has 0 saturated heterocycles. The summed E-state index contributed by atoms with van der Waals surface area (Å²) in [5, 5.41) is 0. The Labute approximate surface area is 168 Å². The predicted molar refractivity (Wildman–Crippen MR) is 99.1 cm³/mol. The maximum atomic E-state index is 4.04. The Morgan fingerprint density at radius 1 is 0.870 bits per heavy atom. The van der Waals surface area contributed by atoms with E-state index in [4.69, 9.17) is 0 Å². The molecule has 0 radical (unpaired) electrons. The number of aliphatic imine (C=N–C) groups is 1. The van der Waals surface area contributed by atoms with Crippen molar-refractivity contribution < 1.29 is 32.7 Å². The van der Waals surface area contributed by atoms with Crippen LogP contribution in [0.2, 0.25) is 0 Å². The van der Waals surface area contributed by atoms with E-state index in [1.807, 2.05) is 31.2 Å². The van der Waals surface area contributed by atoms with Gasteiger partial charge in [0.2, 0.25) is 0 Å². The van der Waals surface area contributed by atoms with Crippen LogP contribution < -0.4 is 0 Å². The van der Waals surface area contributed by atoms with Gasteiger partial charge in [-0.15, -0.1) is 0 Å². The molecule has 2 aromatic carbocycles. The van der Waals surface area contributed by atoms with Gasteiger partial charge in [0.15, 0.2) is 0 Å². The van der Waals surface area contributed by atoms with Crippen molar-refractivity contribution in [2.75, 3.05) is 19.6 Å². The molecule has 0 aliphatic carbocycles. The van der Waals surface area contributed by atoms with Crippen LogP contribution in [-0.2, 0) is 32.7 Å². The van der Waals surface area contributed by atoms with Crippen molar-refractivity contribution in [3.63, 3.8) is 0 Å². The van der Waals surface area contributed by atoms with Gasteiger partial charge in [0.25, 0.3) is 0 Å². The average molecular weight is 388 g/mol. The van der Waals surface area contributed by atoms with Crippen molar-refractivity contribution in [2.24, 2.45) is 4.99 Å². The minimum Gasteiger partial charge on any atom is -0.538 e. The van der Waals surface area contributed by atoms with Gasteiger partial charge in [-0.25, -0.2) is 24.3 Å². The Morgan fingerprint density at radius 2 is 1.30 bits per heavy atom. The van der Waals surface area contributed by atoms with Crippen LogP contribution in [0, 0.1) is 13.8 Å². The summed E-state index contributed by atoms with van der Waals surface area (Å²) < 4.78 is 0. The van der Waals surface area contributed by atoms with Crippen molar-refractivity contribution in [1.82, 2.24) is 4.90 Å². The van der Waals surface area contributed by atoms with Crippen LogP contribution in [0.15, 0.2) is 53.5 Å². The molecule has 0 aliphatic heterocycles. The molecule has 0 atom stereocenters. The van der Waals surface area contributed by atoms with E-state index in [0.29, 0.717) is 0 Å². The van der Waals surface area contributed by atoms with Gasteiger partial charge in [0.05, 0.1) is 0 Å². The van der Waals surface area contributed by atoms with Gasteiger partial charge in [-0.05, 0) is 33.0 Å². The number of rotatable bonds is 5. The summed E-state index contributed by atoms with van der Waals surface area (Å²) in [4.78, 5) is 6.14. The first-order chi connectivity index (χ1) is 10.6. The zero-order valence-electron chi connectivity index (χ0n) is 15.4. The van der Waals surface area contributed by atoms with E-state index < -0.39 is 0 Å². The molecular weight excluding hydrogens is 357 g/mol. The Bertz CT molecular complexity index is 412. The van der Waals surface area contributed by atoms with Crippen LogP contribution in [0.1, 0.15) is 38.3 Å². The summed E-state index contributed by atoms with van der Waals surface area (Å²) in [5.41, 5.74) is 2.69. The third-order valence-corrected chi connectivity index (χ3v) is 2.90. The fourth-order valence-electron chi connectivity index (χ4n) is 1.66. The number of hydrogen-bond donors (Lipinski definition) is 0. The SMILES string of the molecule is CCCN([C-]=NCC)CC.C[c-]1cccc1.C[c-]1cccc1.[Y+3]. The molecule has 23 heavy (non-hydrogen) atoms. The van der Waals surface area contributed by atoms with Crippen LogP contribution >= 0.6 is 0 Å². The Hall–Kier alpha value is -0.726. The standard InChI is InChI=1S/C8H17N2.2C6H7.Y/c1-4-7-10(6-3)8-9-5-2;2*1-6-4-2-3-5-6;/h4-7H2,1-3H3;2*2-5H,1H3;/q3*-1;+3. The number of hydrogen-bond acceptors (Lipinski definition) is 1. The molecule has 0 aromatic heterocycles. The number of nitrogens with zero attached hydrogens (tertiary/aromatic N) is 2. The number of aryl methyl sites for hydroxylation is 2. The van der Waals surface area contributed by atoms with Crippen molar-refractivity contribution in [2.45, 2.75) is 41.0 Å². The van der Waals surface area contributed by atoms with Gasteiger partial charge in [0.1, 0.15) is 0 Å². The van der Waals surface area contributed by atoms with Gasteiger partial charge >= 0.3 is 32.7 Å². The molecule has 2 aromatic rings. The smallest absolute Gasteiger partial charge is 0.538 e. The molecule has 124 valence electrons. The Balaban J connectivity index is 0. The summed E-state index contributed by atoms with van der Waals surface area (Å²) in [6, 6.07) is 16.5. The first kappa shape index (κ1) is 24.5. The van der Waals surface area contributed by atoms with E-state index >= 15 is 0 Å². The fraction of sp³-hybridized carbons (Fsp3) is 0.450. The second-order valence-electron chi connectivity index (χ2n) is 5.08. The summed E-state index contributed by atoms with van der Waals surface area (Å²) >= 11 is 0. The van der Waals surface area contributed by atoms with Crippen LogP contribution in [0.3, 0.4) is 0 Å². The third-order valence-electron chi connectivity index (χ3n) is 2.90. The summed E-state index contributed by atoms with van der Waals surface area (Å²) in [6.45, 7) is 13.4. The van der Waals surface area contributed by atoms with Gasteiger partial charge < -0.3 is 9.89 Å². The molecular formula is C20H31N2Y. The van der Waals surface area contributed by atoms with Crippen molar-refractivity contribution >= 4 is 6.34 Å². The summed E-state index contributed by atoms with van der Waals surface area (Å²) in [7, 11) is 0. The van der Waals surface area contributed by atoms with Crippen LogP contribution in [-0.4, -0.2) is 30.9 Å². The maximum Gasteiger partial charge on any atom is 3.00 e. The molecule has 2 rings (SSSR count). The van der Waals surface area contributed by atoms with E-state index in [0.717, 1.165) is 19.6 Å². The zero-order chi connectivity index (χ0) is 16.6. The van der Waals surface area contributed by atoms with Crippen LogP contribution in [0.4, 0.5) is 0 Å². The molecule has 0 bridgehead atoms. The van der Waals surface area contributed by atoms with E-state index in [9.17, 15) is 0 Å². The largest absolute Gasteiger partial charge is 3.00 e. The normalized spacial score (nSPS) is 9.26. The van der Waals surface area contributed by atoms with E-state index in [2.05, 4.69) is 68.2 Å². The van der Waals surface area contributed by atoms with Crippen LogP contribution in [0.5, 0.6) is 0 Å². The van der Waals surface area contributed by atoms with Crippen molar-refractivity contribution in [3.8, 4) is 0 Å². The third kappa shape index (κ3) is 15.9. The topological polar surface area (TPSA) is 15.6 Å². The summed E-state index contributed by atoms with van der Waals surface area (Å²) in [5.74, 6) is 0. The van der Waals surface area contributed by atoms with Gasteiger partial charge in [-0.2, -0.15) is 35.4 Å². The minimum absolute atomic E-state index is 0. The Morgan fingerprint density at radius 3 is 1.52 bits per heavy atom. The predicted octanol–water partition coefficient (Wildman–Crippen LogP) is 5.07. The molecule has 0 fully saturated rings. The minimum atomic E-state index is 0. The maximum absolute atomic E-state index is 4.04. The zero-order valence-corrected chi connectivity index (χ0v) is 18.3. The van der Waals surface area contributed by atoms with E-state index in [1.165, 1.54) is 17.5 Å². The van der Waals surface area contributed by atoms with Crippen molar-refractivity contribution in [3.05, 3.63) is 59.7 Å². The second kappa shape index (κ2) is 17.6. The molecule has 0 amide bonds. The summed E-state index contributed by atoms with van der Waals surface area (Å²) in [6.07, 6.45) is 4.15. The van der Waals surface area contributed by atoms with Gasteiger partial charge in [-0.3, -0.25) is 6.34 Å². The fourth-order valence-corrected chi connectivity index (χ4v) is 1.66. The molecule has 2 nitrogen and oxygen atoms in total. The van der Waals surface area contributed by atoms with Crippen molar-refractivity contribution in [1.29, 1.82) is 0 Å². The molecule has 0 aliphatic rings. The quantitative estimate of drug-likeness (QED) is 0.302. The molecule has 0 saturated carbocycles. The average Bonchev–Trinajstić information content (AvgIpc) is 3.18. The molecule has 3 heteroatoms. The second-order valence-corrected chi connectivity index (χ2v) is 5.08. The van der Waals surface area contributed by atoms with Gasteiger partial charge in [-0.1, -0.05) is 27.7 Å². The molecule has 0 heterocycles. The molecule has 0 N–H and O–H groups in total. The van der Waals surface area contributed by atoms with E-state index in [-0.39, 0.29) is 32.7 Å². The molecule has 0 unspecified atom stereocenters. The van der Waals surface area contributed by atoms with Gasteiger partial charge in [0, 0.05) is 0 Å². The first-order valence-electron chi connectivity index (χ1n) is 8.17. The Kier molecular flexibility index (Phi) is 18.8. The molecule has 0 spiro atoms. The van der Waals surface area contributed by atoms with E-state index in [1.54, 1.807) is 0 Å².